The number of phenolic OH excluding ortho intramolecular Hbond substituents is 6. The van der Waals surface area contributed by atoms with Gasteiger partial charge in [0.2, 0.25) is 23.0 Å². The van der Waals surface area contributed by atoms with Crippen LogP contribution in [0.5, 0.6) is 34.5 Å². The molecule has 0 bridgehead atoms. The summed E-state index contributed by atoms with van der Waals surface area (Å²) in [4.78, 5) is 72.1. The molecule has 28 nitrogen and oxygen atoms in total. The number of rotatable bonds is 10. The van der Waals surface area contributed by atoms with Gasteiger partial charge in [-0.15, -0.1) is 11.3 Å². The number of ether oxygens (including phenoxy) is 1. The number of benzene rings is 3. The largest absolute Gasteiger partial charge is 0.506 e. The number of hydrogen-bond donors (Lipinski definition) is 9. The molecule has 2 saturated heterocycles. The molecule has 2 aliphatic heterocycles. The Labute approximate surface area is 388 Å². The summed E-state index contributed by atoms with van der Waals surface area (Å²) in [5.41, 5.74) is -4.29. The van der Waals surface area contributed by atoms with Crippen molar-refractivity contribution in [1.29, 1.82) is 15.8 Å². The van der Waals surface area contributed by atoms with Gasteiger partial charge >= 0.3 is 17.1 Å². The van der Waals surface area contributed by atoms with Crippen LogP contribution in [-0.4, -0.2) is 126 Å². The molecule has 2 amide bonds. The molecule has 0 saturated carbocycles. The fourth-order valence-corrected chi connectivity index (χ4v) is 6.27. The van der Waals surface area contributed by atoms with Gasteiger partial charge in [0, 0.05) is 59.9 Å². The molecule has 3 heterocycles. The van der Waals surface area contributed by atoms with E-state index < -0.39 is 118 Å². The van der Waals surface area contributed by atoms with Crippen molar-refractivity contribution < 1.29 is 79.8 Å². The van der Waals surface area contributed by atoms with E-state index in [2.05, 4.69) is 4.98 Å². The zero-order chi connectivity index (χ0) is 51.4. The Hall–Kier alpha value is -10.1. The van der Waals surface area contributed by atoms with Crippen LogP contribution < -0.4 is 0 Å². The lowest BCUT2D eigenvalue weighted by Gasteiger charge is -2.30. The van der Waals surface area contributed by atoms with E-state index in [1.54, 1.807) is 12.1 Å². The first-order valence-corrected chi connectivity index (χ1v) is 19.8. The van der Waals surface area contributed by atoms with Gasteiger partial charge in [0.15, 0.2) is 28.4 Å². The smallest absolute Gasteiger partial charge is 0.315 e. The highest BCUT2D eigenvalue weighted by molar-refractivity contribution is 7.07. The number of amides is 2. The van der Waals surface area contributed by atoms with Gasteiger partial charge in [0.05, 0.1) is 26.9 Å². The number of aromatic hydroxyl groups is 6. The molecule has 356 valence electrons. The number of aromatic nitrogens is 1. The number of hydrogen-bond acceptors (Lipinski definition) is 24. The molecule has 1 aromatic heterocycles. The Kier molecular flexibility index (Phi) is 16.6. The number of carbonyl (C=O) groups is 3. The molecule has 3 aromatic carbocycles. The number of nitro groups is 3. The summed E-state index contributed by atoms with van der Waals surface area (Å²) in [6, 6.07) is 9.30. The molecule has 0 spiro atoms. The van der Waals surface area contributed by atoms with Crippen molar-refractivity contribution in [2.24, 2.45) is 0 Å². The van der Waals surface area contributed by atoms with Crippen LogP contribution in [0.1, 0.15) is 40.0 Å². The third-order valence-electron chi connectivity index (χ3n) is 9.38. The highest BCUT2D eigenvalue weighted by Crippen LogP contribution is 2.40. The van der Waals surface area contributed by atoms with Gasteiger partial charge in [0.1, 0.15) is 53.5 Å². The van der Waals surface area contributed by atoms with Gasteiger partial charge in [-0.3, -0.25) is 44.7 Å². The standard InChI is InChI=1S/C14H13N3O7.C13H7N3O6S.C13H11N3O6/c15-6-9(14(21)16-2-1-3-24-7-16)12(19)8-4-10(17(22)23)13(20)11(18)5-8;14-3-7(12(19)8-4-23-5-15-8)11(18)6-1-9(16(21)22)13(20)10(17)2-6;14-6-8(13(20)15-2-1-3-15)11(18)7-4-9(16(21)22)12(19)10(17)5-7/h4-5,18-20H,1-3,7H2;1-2,4-5,17-18,20H;4-5,17-19H,1-3H2/b12-9-;11-7-;11-8-. The SMILES string of the molecule is N#C/C(C(=O)N1CCC1)=C(/O)c1cc(O)c(O)c([N+](=O)[O-])c1.N#C/C(C(=O)N1CCCOC1)=C(/O)c1cc(O)c(O)c([N+](=O)[O-])c1.N#C/C(C(=O)c1cscn1)=C(/O)c1cc(O)c(O)c([N+](=O)[O-])c1. The van der Waals surface area contributed by atoms with Crippen LogP contribution in [0, 0.1) is 64.3 Å². The van der Waals surface area contributed by atoms with Gasteiger partial charge in [-0.2, -0.15) is 15.8 Å². The predicted octanol–water partition coefficient (Wildman–Crippen LogP) is 4.17. The van der Waals surface area contributed by atoms with Crippen molar-refractivity contribution in [3.05, 3.63) is 117 Å². The van der Waals surface area contributed by atoms with Crippen LogP contribution in [0.25, 0.3) is 17.3 Å². The maximum Gasteiger partial charge on any atom is 0.315 e. The van der Waals surface area contributed by atoms with E-state index in [1.807, 2.05) is 0 Å². The van der Waals surface area contributed by atoms with E-state index in [4.69, 9.17) is 20.5 Å². The number of phenols is 6. The lowest BCUT2D eigenvalue weighted by Crippen LogP contribution is -2.42. The summed E-state index contributed by atoms with van der Waals surface area (Å²) in [5.74, 6) is -10.4. The van der Waals surface area contributed by atoms with Crippen LogP contribution >= 0.6 is 11.3 Å². The molecule has 4 aromatic rings. The zero-order valence-electron chi connectivity index (χ0n) is 34.6. The summed E-state index contributed by atoms with van der Waals surface area (Å²) < 4.78 is 5.10. The quantitative estimate of drug-likeness (QED) is 0.0205. The van der Waals surface area contributed by atoms with Crippen LogP contribution in [0.15, 0.2) is 64.0 Å². The fourth-order valence-electron chi connectivity index (χ4n) is 5.73. The van der Waals surface area contributed by atoms with E-state index in [9.17, 15) is 90.7 Å². The maximum atomic E-state index is 12.3. The Bertz CT molecular complexity index is 2990. The van der Waals surface area contributed by atoms with E-state index in [0.29, 0.717) is 32.7 Å². The summed E-state index contributed by atoms with van der Waals surface area (Å²) in [7, 11) is 0. The first-order valence-electron chi connectivity index (χ1n) is 18.8. The molecule has 29 heteroatoms. The first kappa shape index (κ1) is 51.6. The predicted molar refractivity (Wildman–Crippen MR) is 230 cm³/mol. The number of aliphatic hydroxyl groups is 3. The number of nitriles is 3. The molecule has 0 atom stereocenters. The monoisotopic (exact) mass is 973 g/mol. The van der Waals surface area contributed by atoms with Crippen LogP contribution in [-0.2, 0) is 14.3 Å². The van der Waals surface area contributed by atoms with Gasteiger partial charge in [0.25, 0.3) is 11.8 Å². The molecular weight excluding hydrogens is 943 g/mol. The number of nitrogens with zero attached hydrogens (tertiary/aromatic N) is 9. The Morgan fingerprint density at radius 3 is 1.29 bits per heavy atom. The van der Waals surface area contributed by atoms with E-state index in [0.717, 1.165) is 54.2 Å². The minimum atomic E-state index is -0.990. The van der Waals surface area contributed by atoms with Gasteiger partial charge in [-0.1, -0.05) is 0 Å². The molecule has 6 rings (SSSR count). The molecular formula is C40H31N9O19S. The highest BCUT2D eigenvalue weighted by Gasteiger charge is 2.30. The number of carbonyl (C=O) groups excluding carboxylic acids is 3. The third-order valence-corrected chi connectivity index (χ3v) is 9.97. The number of allylic oxidation sites excluding steroid dienone is 1. The third kappa shape index (κ3) is 11.6. The topological polar surface area (TPSA) is 463 Å². The van der Waals surface area contributed by atoms with E-state index in [1.165, 1.54) is 26.8 Å². The Morgan fingerprint density at radius 1 is 0.609 bits per heavy atom. The number of likely N-dealkylation sites (tertiary alicyclic amines) is 1. The molecule has 0 radical (unpaired) electrons. The molecule has 2 aliphatic rings. The van der Waals surface area contributed by atoms with Crippen LogP contribution in [0.4, 0.5) is 17.1 Å². The van der Waals surface area contributed by atoms with E-state index >= 15 is 0 Å². The minimum absolute atomic E-state index is 0.0434. The second kappa shape index (κ2) is 22.2. The summed E-state index contributed by atoms with van der Waals surface area (Å²) in [5, 5.41) is 148. The second-order valence-corrected chi connectivity index (χ2v) is 14.4. The Balaban J connectivity index is 0.000000226. The summed E-state index contributed by atoms with van der Waals surface area (Å²) >= 11 is 1.11. The van der Waals surface area contributed by atoms with Crippen molar-refractivity contribution in [3.8, 4) is 52.7 Å². The van der Waals surface area contributed by atoms with Crippen molar-refractivity contribution in [2.45, 2.75) is 12.8 Å². The number of Topliss-reactive ketones (excluding diaryl/α,β-unsaturated/α-hetero) is 1. The molecule has 0 aliphatic carbocycles. The molecule has 0 unspecified atom stereocenters. The van der Waals surface area contributed by atoms with Gasteiger partial charge in [-0.05, 0) is 31.0 Å². The Morgan fingerprint density at radius 2 is 0.986 bits per heavy atom. The van der Waals surface area contributed by atoms with Crippen molar-refractivity contribution >= 4 is 63.3 Å². The second-order valence-electron chi connectivity index (χ2n) is 13.7. The lowest BCUT2D eigenvalue weighted by molar-refractivity contribution is -0.386. The maximum absolute atomic E-state index is 12.3. The van der Waals surface area contributed by atoms with Gasteiger partial charge < -0.3 is 60.5 Å². The molecule has 69 heavy (non-hydrogen) atoms. The van der Waals surface area contributed by atoms with Crippen molar-refractivity contribution in [2.75, 3.05) is 33.0 Å². The van der Waals surface area contributed by atoms with Crippen molar-refractivity contribution in [1.82, 2.24) is 14.8 Å². The van der Waals surface area contributed by atoms with Gasteiger partial charge in [-0.25, -0.2) is 4.98 Å². The zero-order valence-corrected chi connectivity index (χ0v) is 35.4. The molecule has 2 fully saturated rings. The average molecular weight is 974 g/mol. The summed E-state index contributed by atoms with van der Waals surface area (Å²) in [6.45, 7) is 1.67. The van der Waals surface area contributed by atoms with Crippen molar-refractivity contribution in [3.63, 3.8) is 0 Å². The number of thiazole rings is 1. The summed E-state index contributed by atoms with van der Waals surface area (Å²) in [6.07, 6.45) is 1.35. The highest BCUT2D eigenvalue weighted by atomic mass is 32.1. The lowest BCUT2D eigenvalue weighted by atomic mass is 10.0. The first-order chi connectivity index (χ1) is 32.6. The van der Waals surface area contributed by atoms with Crippen LogP contribution in [0.2, 0.25) is 0 Å². The number of aliphatic hydroxyl groups excluding tert-OH is 3. The minimum Gasteiger partial charge on any atom is -0.506 e. The van der Waals surface area contributed by atoms with E-state index in [-0.39, 0.29) is 29.1 Å². The number of nitro benzene ring substituents is 3. The molecule has 9 N–H and O–H groups in total. The fraction of sp³-hybridized carbons (Fsp3) is 0.175. The number of ketones is 1. The normalized spacial score (nSPS) is 13.8. The average Bonchev–Trinajstić information content (AvgIpc) is 3.85. The van der Waals surface area contributed by atoms with Crippen LogP contribution in [0.3, 0.4) is 0 Å².